The molecule has 33 heavy (non-hydrogen) atoms. The van der Waals surface area contributed by atoms with Crippen molar-refractivity contribution in [1.29, 1.82) is 5.26 Å². The van der Waals surface area contributed by atoms with E-state index in [4.69, 9.17) is 32.0 Å². The van der Waals surface area contributed by atoms with Crippen molar-refractivity contribution in [3.8, 4) is 28.7 Å². The summed E-state index contributed by atoms with van der Waals surface area (Å²) in [6, 6.07) is 19.9. The molecule has 5 rings (SSSR count). The van der Waals surface area contributed by atoms with Crippen molar-refractivity contribution in [1.82, 2.24) is 4.98 Å². The molecule has 0 saturated heterocycles. The molecule has 0 fully saturated rings. The van der Waals surface area contributed by atoms with Crippen LogP contribution in [-0.2, 0) is 0 Å². The zero-order valence-corrected chi connectivity index (χ0v) is 19.0. The van der Waals surface area contributed by atoms with E-state index in [0.29, 0.717) is 49.0 Å². The fraction of sp³-hybridized carbons (Fsp3) is 0. The lowest BCUT2D eigenvalue weighted by Gasteiger charge is -2.00. The number of rotatable bonds is 4. The lowest BCUT2D eigenvalue weighted by molar-refractivity contribution is 0.563. The average Bonchev–Trinajstić information content (AvgIpc) is 3.49. The van der Waals surface area contributed by atoms with Crippen molar-refractivity contribution in [2.24, 2.45) is 0 Å². The molecule has 0 amide bonds. The molecule has 0 aliphatic carbocycles. The van der Waals surface area contributed by atoms with Gasteiger partial charge in [-0.2, -0.15) is 5.26 Å². The van der Waals surface area contributed by atoms with E-state index in [1.54, 1.807) is 60.0 Å². The minimum absolute atomic E-state index is 0.312. The Labute approximate surface area is 201 Å². The van der Waals surface area contributed by atoms with E-state index in [2.05, 4.69) is 11.1 Å². The zero-order chi connectivity index (χ0) is 22.9. The highest BCUT2D eigenvalue weighted by Gasteiger charge is 2.15. The average molecular weight is 491 g/mol. The second kappa shape index (κ2) is 8.72. The molecule has 5 aromatic rings. The van der Waals surface area contributed by atoms with E-state index >= 15 is 0 Å². The topological polar surface area (TPSA) is 80.0 Å². The number of nitriles is 1. The first-order valence-corrected chi connectivity index (χ1v) is 11.3. The lowest BCUT2D eigenvalue weighted by atomic mass is 10.1. The maximum atomic E-state index is 12.4. The fourth-order valence-corrected chi connectivity index (χ4v) is 4.36. The number of hydrogen-bond donors (Lipinski definition) is 0. The first kappa shape index (κ1) is 21.2. The molecular formula is C25H12Cl2N2O3S. The molecule has 0 N–H and O–H groups in total. The molecule has 0 atom stereocenters. The van der Waals surface area contributed by atoms with Crippen LogP contribution in [0.15, 0.2) is 79.7 Å². The molecule has 2 aromatic carbocycles. The Kier molecular flexibility index (Phi) is 5.61. The number of nitrogens with zero attached hydrogens (tertiary/aromatic N) is 2. The number of fused-ring (bicyclic) bond motifs is 1. The molecular weight excluding hydrogens is 479 g/mol. The third-order valence-electron chi connectivity index (χ3n) is 4.89. The van der Waals surface area contributed by atoms with E-state index in [1.807, 2.05) is 12.1 Å². The summed E-state index contributed by atoms with van der Waals surface area (Å²) in [5.74, 6) is 1.07. The summed E-state index contributed by atoms with van der Waals surface area (Å²) < 4.78 is 11.3. The largest absolute Gasteiger partial charge is 0.457 e. The van der Waals surface area contributed by atoms with Crippen LogP contribution in [0.25, 0.3) is 45.2 Å². The Bertz CT molecular complexity index is 1640. The molecule has 0 aliphatic rings. The van der Waals surface area contributed by atoms with Crippen molar-refractivity contribution in [3.63, 3.8) is 0 Å². The number of halogens is 2. The molecule has 3 heterocycles. The first-order valence-electron chi connectivity index (χ1n) is 9.68. The van der Waals surface area contributed by atoms with Crippen LogP contribution in [-0.4, -0.2) is 4.98 Å². The molecule has 0 spiro atoms. The van der Waals surface area contributed by atoms with Gasteiger partial charge in [0.15, 0.2) is 0 Å². The van der Waals surface area contributed by atoms with Crippen molar-refractivity contribution in [2.75, 3.05) is 0 Å². The minimum Gasteiger partial charge on any atom is -0.457 e. The molecule has 0 aliphatic heterocycles. The molecule has 0 bridgehead atoms. The van der Waals surface area contributed by atoms with Crippen LogP contribution in [0.2, 0.25) is 10.0 Å². The number of allylic oxidation sites excluding steroid dienone is 1. The molecule has 5 nitrogen and oxygen atoms in total. The van der Waals surface area contributed by atoms with Gasteiger partial charge in [0.2, 0.25) is 0 Å². The Morgan fingerprint density at radius 3 is 2.70 bits per heavy atom. The number of hydrogen-bond acceptors (Lipinski definition) is 6. The third kappa shape index (κ3) is 4.22. The zero-order valence-electron chi connectivity index (χ0n) is 16.7. The van der Waals surface area contributed by atoms with Crippen molar-refractivity contribution >= 4 is 57.2 Å². The fourth-order valence-electron chi connectivity index (χ4n) is 3.28. The van der Waals surface area contributed by atoms with E-state index in [0.717, 1.165) is 10.9 Å². The molecule has 8 heteroatoms. The predicted molar refractivity (Wildman–Crippen MR) is 131 cm³/mol. The molecule has 3 aromatic heterocycles. The maximum absolute atomic E-state index is 12.4. The summed E-state index contributed by atoms with van der Waals surface area (Å²) in [5.41, 5.74) is 1.90. The summed E-state index contributed by atoms with van der Waals surface area (Å²) in [5, 5.41) is 13.6. The molecule has 0 saturated carbocycles. The number of benzene rings is 2. The van der Waals surface area contributed by atoms with Crippen molar-refractivity contribution < 1.29 is 8.83 Å². The summed E-state index contributed by atoms with van der Waals surface area (Å²) in [6.07, 6.45) is 1.60. The Balaban J connectivity index is 1.47. The summed E-state index contributed by atoms with van der Waals surface area (Å²) in [7, 11) is 0. The number of thiazole rings is 1. The van der Waals surface area contributed by atoms with Gasteiger partial charge in [-0.15, -0.1) is 11.3 Å². The van der Waals surface area contributed by atoms with Gasteiger partial charge in [-0.25, -0.2) is 9.78 Å². The van der Waals surface area contributed by atoms with E-state index in [-0.39, 0.29) is 0 Å². The van der Waals surface area contributed by atoms with Gasteiger partial charge in [0.1, 0.15) is 28.2 Å². The normalized spacial score (nSPS) is 11.6. The van der Waals surface area contributed by atoms with Gasteiger partial charge in [-0.05, 0) is 42.5 Å². The molecule has 0 radical (unpaired) electrons. The number of para-hydroxylation sites is 1. The van der Waals surface area contributed by atoms with E-state index in [1.165, 1.54) is 11.3 Å². The van der Waals surface area contributed by atoms with Gasteiger partial charge in [0.25, 0.3) is 0 Å². The van der Waals surface area contributed by atoms with Crippen LogP contribution in [0, 0.1) is 11.3 Å². The summed E-state index contributed by atoms with van der Waals surface area (Å²) >= 11 is 13.3. The highest BCUT2D eigenvalue weighted by atomic mass is 35.5. The van der Waals surface area contributed by atoms with Gasteiger partial charge in [-0.3, -0.25) is 0 Å². The minimum atomic E-state index is -0.481. The predicted octanol–water partition coefficient (Wildman–Crippen LogP) is 7.55. The standard InChI is InChI=1S/C25H12Cl2N2O3S/c26-19-7-5-15(11-20(19)27)23-8-6-17(31-23)9-16(12-28)24-29-21(13-33-24)18-10-14-3-1-2-4-22(14)32-25(18)30/h1-11,13H/b16-9+. The van der Waals surface area contributed by atoms with Gasteiger partial charge in [-0.1, -0.05) is 41.4 Å². The van der Waals surface area contributed by atoms with Crippen LogP contribution in [0.3, 0.4) is 0 Å². The first-order chi connectivity index (χ1) is 16.0. The third-order valence-corrected chi connectivity index (χ3v) is 6.50. The highest BCUT2D eigenvalue weighted by molar-refractivity contribution is 7.11. The molecule has 160 valence electrons. The van der Waals surface area contributed by atoms with Crippen LogP contribution in [0.4, 0.5) is 0 Å². The Morgan fingerprint density at radius 2 is 1.88 bits per heavy atom. The van der Waals surface area contributed by atoms with Crippen LogP contribution in [0.1, 0.15) is 10.8 Å². The second-order valence-corrected chi connectivity index (χ2v) is 8.70. The van der Waals surface area contributed by atoms with Gasteiger partial charge in [0.05, 0.1) is 26.9 Å². The van der Waals surface area contributed by atoms with Crippen LogP contribution in [0.5, 0.6) is 0 Å². The summed E-state index contributed by atoms with van der Waals surface area (Å²) in [6.45, 7) is 0. The maximum Gasteiger partial charge on any atom is 0.345 e. The van der Waals surface area contributed by atoms with Crippen LogP contribution >= 0.6 is 34.5 Å². The monoisotopic (exact) mass is 490 g/mol. The van der Waals surface area contributed by atoms with Gasteiger partial charge in [0, 0.05) is 22.4 Å². The lowest BCUT2D eigenvalue weighted by Crippen LogP contribution is -2.02. The summed E-state index contributed by atoms with van der Waals surface area (Å²) in [4.78, 5) is 16.9. The highest BCUT2D eigenvalue weighted by Crippen LogP contribution is 2.31. The SMILES string of the molecule is N#C/C(=C\c1ccc(-c2ccc(Cl)c(Cl)c2)o1)c1nc(-c2cc3ccccc3oc2=O)cs1. The van der Waals surface area contributed by atoms with Gasteiger partial charge >= 0.3 is 5.63 Å². The smallest absolute Gasteiger partial charge is 0.345 e. The van der Waals surface area contributed by atoms with Crippen molar-refractivity contribution in [2.45, 2.75) is 0 Å². The molecule has 0 unspecified atom stereocenters. The number of aromatic nitrogens is 1. The van der Waals surface area contributed by atoms with E-state index in [9.17, 15) is 10.1 Å². The van der Waals surface area contributed by atoms with Gasteiger partial charge < -0.3 is 8.83 Å². The van der Waals surface area contributed by atoms with Crippen molar-refractivity contribution in [3.05, 3.63) is 97.3 Å². The van der Waals surface area contributed by atoms with E-state index < -0.39 is 5.63 Å². The quantitative estimate of drug-likeness (QED) is 0.192. The Hall–Kier alpha value is -3.63. The second-order valence-electron chi connectivity index (χ2n) is 7.02. The van der Waals surface area contributed by atoms with Crippen LogP contribution < -0.4 is 5.63 Å². The number of furan rings is 1. The Morgan fingerprint density at radius 1 is 1.03 bits per heavy atom.